The molecule has 24 heavy (non-hydrogen) atoms. The first-order valence-electron chi connectivity index (χ1n) is 8.62. The van der Waals surface area contributed by atoms with Gasteiger partial charge < -0.3 is 14.6 Å². The summed E-state index contributed by atoms with van der Waals surface area (Å²) >= 11 is 0. The van der Waals surface area contributed by atoms with Crippen molar-refractivity contribution in [2.45, 2.75) is 70.7 Å². The molecule has 4 atom stereocenters. The maximum Gasteiger partial charge on any atom is 0.311 e. The van der Waals surface area contributed by atoms with Crippen molar-refractivity contribution in [1.82, 2.24) is 0 Å². The molecule has 1 aliphatic rings. The van der Waals surface area contributed by atoms with Gasteiger partial charge in [0.15, 0.2) is 0 Å². The molecule has 0 saturated carbocycles. The Morgan fingerprint density at radius 1 is 1.54 bits per heavy atom. The van der Waals surface area contributed by atoms with Gasteiger partial charge in [-0.05, 0) is 59.0 Å². The molecule has 0 aromatic carbocycles. The molecule has 0 bridgehead atoms. The highest BCUT2D eigenvalue weighted by Gasteiger charge is 2.38. The standard InChI is InChI=1S/C20H32O4/c1-7-19(5,22)12-9-10-15(3)14-23-18(21)16(4)17-11-13-20(6,8-2)24-17/h7-8,10,16-17,22H,1-2,9,11-14H2,3-6H3/b15-10-/t16-,17-,19-,20-/m1/s1. The van der Waals surface area contributed by atoms with Crippen LogP contribution >= 0.6 is 0 Å². The Hall–Kier alpha value is -1.39. The third-order valence-corrected chi connectivity index (χ3v) is 4.73. The molecule has 0 aromatic heterocycles. The molecule has 4 heteroatoms. The minimum absolute atomic E-state index is 0.118. The van der Waals surface area contributed by atoms with Gasteiger partial charge in [-0.1, -0.05) is 18.2 Å². The molecular formula is C20H32O4. The average Bonchev–Trinajstić information content (AvgIpc) is 2.94. The lowest BCUT2D eigenvalue weighted by Crippen LogP contribution is -2.30. The van der Waals surface area contributed by atoms with Crippen molar-refractivity contribution in [3.63, 3.8) is 0 Å². The summed E-state index contributed by atoms with van der Waals surface area (Å²) in [6, 6.07) is 0. The molecule has 136 valence electrons. The van der Waals surface area contributed by atoms with Gasteiger partial charge in [0.05, 0.1) is 23.2 Å². The maximum absolute atomic E-state index is 12.2. The summed E-state index contributed by atoms with van der Waals surface area (Å²) in [5.41, 5.74) is -0.227. The zero-order valence-electron chi connectivity index (χ0n) is 15.5. The van der Waals surface area contributed by atoms with Crippen molar-refractivity contribution in [2.24, 2.45) is 5.92 Å². The van der Waals surface area contributed by atoms with Crippen molar-refractivity contribution >= 4 is 5.97 Å². The zero-order chi connectivity index (χ0) is 18.4. The van der Waals surface area contributed by atoms with Crippen LogP contribution in [-0.4, -0.2) is 35.0 Å². The van der Waals surface area contributed by atoms with Crippen LogP contribution in [0.4, 0.5) is 0 Å². The molecule has 1 N–H and O–H groups in total. The van der Waals surface area contributed by atoms with Gasteiger partial charge >= 0.3 is 5.97 Å². The van der Waals surface area contributed by atoms with Crippen LogP contribution in [0.3, 0.4) is 0 Å². The Labute approximate surface area is 146 Å². The minimum Gasteiger partial charge on any atom is -0.461 e. The summed E-state index contributed by atoms with van der Waals surface area (Å²) < 4.78 is 11.3. The normalized spacial score (nSPS) is 28.0. The lowest BCUT2D eigenvalue weighted by Gasteiger charge is -2.23. The van der Waals surface area contributed by atoms with Crippen LogP contribution < -0.4 is 0 Å². The van der Waals surface area contributed by atoms with E-state index in [9.17, 15) is 9.90 Å². The fraction of sp³-hybridized carbons (Fsp3) is 0.650. The molecule has 0 unspecified atom stereocenters. The van der Waals surface area contributed by atoms with Gasteiger partial charge in [0.25, 0.3) is 0 Å². The summed E-state index contributed by atoms with van der Waals surface area (Å²) in [5.74, 6) is -0.528. The Bertz CT molecular complexity index is 492. The van der Waals surface area contributed by atoms with Crippen molar-refractivity contribution in [3.8, 4) is 0 Å². The second kappa shape index (κ2) is 8.63. The minimum atomic E-state index is -0.862. The molecule has 1 aliphatic heterocycles. The van der Waals surface area contributed by atoms with E-state index in [0.29, 0.717) is 12.8 Å². The van der Waals surface area contributed by atoms with Gasteiger partial charge in [0.2, 0.25) is 0 Å². The summed E-state index contributed by atoms with van der Waals surface area (Å²) in [6.45, 7) is 15.1. The summed E-state index contributed by atoms with van der Waals surface area (Å²) in [4.78, 5) is 12.2. The number of hydrogen-bond donors (Lipinski definition) is 1. The number of carbonyl (C=O) groups excluding carboxylic acids is 1. The highest BCUT2D eigenvalue weighted by molar-refractivity contribution is 5.73. The third kappa shape index (κ3) is 6.25. The largest absolute Gasteiger partial charge is 0.461 e. The third-order valence-electron chi connectivity index (χ3n) is 4.73. The zero-order valence-corrected chi connectivity index (χ0v) is 15.5. The molecule has 0 aromatic rings. The lowest BCUT2D eigenvalue weighted by molar-refractivity contribution is -0.152. The number of aliphatic hydroxyl groups is 1. The number of rotatable bonds is 9. The lowest BCUT2D eigenvalue weighted by atomic mass is 9.99. The molecule has 1 rings (SSSR count). The van der Waals surface area contributed by atoms with Gasteiger partial charge in [-0.15, -0.1) is 13.2 Å². The maximum atomic E-state index is 12.2. The monoisotopic (exact) mass is 336 g/mol. The predicted octanol–water partition coefficient (Wildman–Crippen LogP) is 3.95. The first-order valence-corrected chi connectivity index (χ1v) is 8.62. The van der Waals surface area contributed by atoms with Gasteiger partial charge in [-0.3, -0.25) is 4.79 Å². The van der Waals surface area contributed by atoms with Crippen molar-refractivity contribution in [3.05, 3.63) is 37.0 Å². The van der Waals surface area contributed by atoms with E-state index in [0.717, 1.165) is 18.4 Å². The van der Waals surface area contributed by atoms with Crippen molar-refractivity contribution in [2.75, 3.05) is 6.61 Å². The van der Waals surface area contributed by atoms with Gasteiger partial charge in [-0.25, -0.2) is 0 Å². The van der Waals surface area contributed by atoms with E-state index < -0.39 is 5.60 Å². The molecule has 1 fully saturated rings. The number of hydrogen-bond acceptors (Lipinski definition) is 4. The van der Waals surface area contributed by atoms with E-state index in [4.69, 9.17) is 9.47 Å². The SMILES string of the molecule is C=C[C@@](C)(O)CC/C=C(/C)COC(=O)[C@H](C)[C@H]1CC[C@@](C)(C=C)O1. The van der Waals surface area contributed by atoms with Gasteiger partial charge in [-0.2, -0.15) is 0 Å². The molecule has 4 nitrogen and oxygen atoms in total. The first-order chi connectivity index (χ1) is 11.1. The summed E-state index contributed by atoms with van der Waals surface area (Å²) in [7, 11) is 0. The van der Waals surface area contributed by atoms with Crippen LogP contribution in [0.1, 0.15) is 53.4 Å². The fourth-order valence-corrected chi connectivity index (χ4v) is 2.63. The molecule has 0 spiro atoms. The number of esters is 1. The number of allylic oxidation sites excluding steroid dienone is 1. The van der Waals surface area contributed by atoms with Crippen LogP contribution in [0.15, 0.2) is 37.0 Å². The Morgan fingerprint density at radius 2 is 2.21 bits per heavy atom. The topological polar surface area (TPSA) is 55.8 Å². The predicted molar refractivity (Wildman–Crippen MR) is 96.6 cm³/mol. The second-order valence-electron chi connectivity index (χ2n) is 7.26. The van der Waals surface area contributed by atoms with E-state index >= 15 is 0 Å². The van der Waals surface area contributed by atoms with E-state index in [-0.39, 0.29) is 30.2 Å². The average molecular weight is 336 g/mol. The van der Waals surface area contributed by atoms with Crippen LogP contribution in [-0.2, 0) is 14.3 Å². The Kier molecular flexibility index (Phi) is 7.43. The van der Waals surface area contributed by atoms with E-state index in [2.05, 4.69) is 13.2 Å². The van der Waals surface area contributed by atoms with E-state index in [1.807, 2.05) is 26.8 Å². The number of ether oxygens (including phenoxy) is 2. The van der Waals surface area contributed by atoms with E-state index in [1.54, 1.807) is 13.0 Å². The van der Waals surface area contributed by atoms with Crippen molar-refractivity contribution in [1.29, 1.82) is 0 Å². The Morgan fingerprint density at radius 3 is 2.75 bits per heavy atom. The van der Waals surface area contributed by atoms with E-state index in [1.165, 1.54) is 6.08 Å². The quantitative estimate of drug-likeness (QED) is 0.511. The molecular weight excluding hydrogens is 304 g/mol. The van der Waals surface area contributed by atoms with Crippen LogP contribution in [0.5, 0.6) is 0 Å². The van der Waals surface area contributed by atoms with Gasteiger partial charge in [0, 0.05) is 0 Å². The highest BCUT2D eigenvalue weighted by Crippen LogP contribution is 2.34. The van der Waals surface area contributed by atoms with Crippen molar-refractivity contribution < 1.29 is 19.4 Å². The highest BCUT2D eigenvalue weighted by atomic mass is 16.5. The van der Waals surface area contributed by atoms with Gasteiger partial charge in [0.1, 0.15) is 6.61 Å². The summed E-state index contributed by atoms with van der Waals surface area (Å²) in [6.07, 6.45) is 8.22. The first kappa shape index (κ1) is 20.7. The smallest absolute Gasteiger partial charge is 0.311 e. The fourth-order valence-electron chi connectivity index (χ4n) is 2.63. The molecule has 1 heterocycles. The molecule has 0 radical (unpaired) electrons. The van der Waals surface area contributed by atoms with Crippen LogP contribution in [0.2, 0.25) is 0 Å². The Balaban J connectivity index is 2.40. The summed E-state index contributed by atoms with van der Waals surface area (Å²) in [5, 5.41) is 9.86. The molecule has 0 aliphatic carbocycles. The number of carbonyl (C=O) groups is 1. The molecule has 1 saturated heterocycles. The van der Waals surface area contributed by atoms with Crippen LogP contribution in [0.25, 0.3) is 0 Å². The van der Waals surface area contributed by atoms with Crippen LogP contribution in [0, 0.1) is 5.92 Å². The second-order valence-corrected chi connectivity index (χ2v) is 7.26. The molecule has 0 amide bonds.